The Morgan fingerprint density at radius 3 is 2.29 bits per heavy atom. The third-order valence-electron chi connectivity index (χ3n) is 5.98. The van der Waals surface area contributed by atoms with Crippen LogP contribution in [0.1, 0.15) is 22.8 Å². The van der Waals surface area contributed by atoms with Gasteiger partial charge < -0.3 is 25.4 Å². The number of carbonyl (C=O) groups excluding carboxylic acids is 3. The molecule has 1 atom stereocenters. The van der Waals surface area contributed by atoms with E-state index in [2.05, 4.69) is 20.9 Å². The summed E-state index contributed by atoms with van der Waals surface area (Å²) in [7, 11) is 3.02. The number of nitrogens with zero attached hydrogens (tertiary/aromatic N) is 1. The number of rotatable bonds is 11. The van der Waals surface area contributed by atoms with E-state index in [0.717, 1.165) is 4.90 Å². The van der Waals surface area contributed by atoms with E-state index in [1.165, 1.54) is 32.1 Å². The molecule has 0 aliphatic heterocycles. The summed E-state index contributed by atoms with van der Waals surface area (Å²) in [5.41, 5.74) is 2.08. The first-order valence-electron chi connectivity index (χ1n) is 13.0. The number of hydrogen-bond acceptors (Lipinski definition) is 7. The Morgan fingerprint density at radius 2 is 1.57 bits per heavy atom. The van der Waals surface area contributed by atoms with Crippen LogP contribution in [-0.2, 0) is 9.59 Å². The maximum atomic E-state index is 13.5. The first-order chi connectivity index (χ1) is 20.4. The highest BCUT2D eigenvalue weighted by Gasteiger charge is 2.19. The van der Waals surface area contributed by atoms with Gasteiger partial charge in [0.25, 0.3) is 11.8 Å². The van der Waals surface area contributed by atoms with Gasteiger partial charge >= 0.3 is 0 Å². The third kappa shape index (κ3) is 7.98. The van der Waals surface area contributed by atoms with Gasteiger partial charge in [-0.25, -0.2) is 0 Å². The van der Waals surface area contributed by atoms with E-state index in [-0.39, 0.29) is 11.6 Å². The van der Waals surface area contributed by atoms with Crippen LogP contribution in [0, 0.1) is 0 Å². The predicted octanol–water partition coefficient (Wildman–Crippen LogP) is 5.63. The number of thioether (sulfide) groups is 1. The molecule has 0 saturated heterocycles. The summed E-state index contributed by atoms with van der Waals surface area (Å²) in [6.07, 6.45) is 4.74. The number of aromatic nitrogens is 1. The lowest BCUT2D eigenvalue weighted by Gasteiger charge is -2.15. The van der Waals surface area contributed by atoms with Crippen molar-refractivity contribution in [2.45, 2.75) is 17.1 Å². The largest absolute Gasteiger partial charge is 0.493 e. The molecule has 0 bridgehead atoms. The molecule has 3 N–H and O–H groups in total. The molecule has 1 unspecified atom stereocenters. The average Bonchev–Trinajstić information content (AvgIpc) is 3.01. The van der Waals surface area contributed by atoms with Crippen molar-refractivity contribution in [3.05, 3.63) is 114 Å². The lowest BCUT2D eigenvalue weighted by Crippen LogP contribution is -2.30. The monoisotopic (exact) mass is 582 g/mol. The van der Waals surface area contributed by atoms with E-state index in [4.69, 9.17) is 9.47 Å². The normalized spacial score (nSPS) is 11.6. The molecule has 10 heteroatoms. The standard InChI is InChI=1S/C32H30N4O5S/c1-21(30(37)34-24-15-17-33-18-16-24)42-26-13-8-12-25(20-26)35-32(39)27(36-31(38)22-9-5-4-6-10-22)19-23-11-7-14-28(40-2)29(23)41-3/h4-21H,1-3H3,(H,35,39)(H,36,38)(H,33,34,37)/b27-19+. The summed E-state index contributed by atoms with van der Waals surface area (Å²) in [6, 6.07) is 24.4. The molecule has 1 heterocycles. The number of anilines is 2. The van der Waals surface area contributed by atoms with Gasteiger partial charge in [0.15, 0.2) is 11.5 Å². The van der Waals surface area contributed by atoms with E-state index >= 15 is 0 Å². The van der Waals surface area contributed by atoms with E-state index in [1.54, 1.807) is 98.2 Å². The van der Waals surface area contributed by atoms with Gasteiger partial charge in [0.05, 0.1) is 19.5 Å². The van der Waals surface area contributed by atoms with Gasteiger partial charge in [-0.3, -0.25) is 19.4 Å². The van der Waals surface area contributed by atoms with Crippen molar-refractivity contribution in [2.75, 3.05) is 24.9 Å². The zero-order valence-corrected chi connectivity index (χ0v) is 24.1. The number of nitrogens with one attached hydrogen (secondary N) is 3. The van der Waals surface area contributed by atoms with Crippen molar-refractivity contribution in [3.8, 4) is 11.5 Å². The number of methoxy groups -OCH3 is 2. The molecule has 214 valence electrons. The quantitative estimate of drug-likeness (QED) is 0.155. The number of carbonyl (C=O) groups is 3. The zero-order chi connectivity index (χ0) is 29.9. The van der Waals surface area contributed by atoms with Crippen LogP contribution in [0.4, 0.5) is 11.4 Å². The second-order valence-electron chi connectivity index (χ2n) is 8.93. The summed E-state index contributed by atoms with van der Waals surface area (Å²) in [5, 5.41) is 8.03. The predicted molar refractivity (Wildman–Crippen MR) is 165 cm³/mol. The van der Waals surface area contributed by atoms with Crippen molar-refractivity contribution < 1.29 is 23.9 Å². The van der Waals surface area contributed by atoms with Crippen molar-refractivity contribution >= 4 is 46.9 Å². The maximum absolute atomic E-state index is 13.5. The minimum absolute atomic E-state index is 0.00133. The molecule has 3 amide bonds. The van der Waals surface area contributed by atoms with Crippen LogP contribution in [0.5, 0.6) is 11.5 Å². The number of pyridine rings is 1. The fraction of sp³-hybridized carbons (Fsp3) is 0.125. The Balaban J connectivity index is 1.55. The Labute approximate surface area is 248 Å². The van der Waals surface area contributed by atoms with Crippen LogP contribution >= 0.6 is 11.8 Å². The summed E-state index contributed by atoms with van der Waals surface area (Å²) in [6.45, 7) is 1.80. The molecule has 42 heavy (non-hydrogen) atoms. The number of hydrogen-bond donors (Lipinski definition) is 3. The average molecular weight is 583 g/mol. The second kappa shape index (κ2) is 14.5. The van der Waals surface area contributed by atoms with Gasteiger partial charge in [-0.2, -0.15) is 0 Å². The van der Waals surface area contributed by atoms with E-state index < -0.39 is 17.1 Å². The Kier molecular flexibility index (Phi) is 10.3. The molecule has 1 aromatic heterocycles. The molecule has 0 aliphatic rings. The van der Waals surface area contributed by atoms with Gasteiger partial charge in [-0.05, 0) is 61.5 Å². The first-order valence-corrected chi connectivity index (χ1v) is 13.8. The second-order valence-corrected chi connectivity index (χ2v) is 10.3. The fourth-order valence-electron chi connectivity index (χ4n) is 3.91. The fourth-order valence-corrected chi connectivity index (χ4v) is 4.83. The lowest BCUT2D eigenvalue weighted by atomic mass is 10.1. The summed E-state index contributed by atoms with van der Waals surface area (Å²) >= 11 is 1.35. The zero-order valence-electron chi connectivity index (χ0n) is 23.3. The van der Waals surface area contributed by atoms with Crippen LogP contribution in [0.15, 0.2) is 108 Å². The Bertz CT molecular complexity index is 1580. The number of amides is 3. The van der Waals surface area contributed by atoms with E-state index in [0.29, 0.717) is 34.0 Å². The maximum Gasteiger partial charge on any atom is 0.272 e. The number of ether oxygens (including phenoxy) is 2. The van der Waals surface area contributed by atoms with E-state index in [1.807, 2.05) is 6.07 Å². The number of benzene rings is 3. The molecule has 0 saturated carbocycles. The topological polar surface area (TPSA) is 119 Å². The highest BCUT2D eigenvalue weighted by molar-refractivity contribution is 8.00. The van der Waals surface area contributed by atoms with Crippen molar-refractivity contribution in [1.29, 1.82) is 0 Å². The van der Waals surface area contributed by atoms with Gasteiger partial charge in [0.1, 0.15) is 5.70 Å². The van der Waals surface area contributed by atoms with Crippen LogP contribution in [0.25, 0.3) is 6.08 Å². The number of para-hydroxylation sites is 1. The van der Waals surface area contributed by atoms with Crippen molar-refractivity contribution in [1.82, 2.24) is 10.3 Å². The molecule has 0 radical (unpaired) electrons. The molecule has 4 rings (SSSR count). The molecule has 9 nitrogen and oxygen atoms in total. The van der Waals surface area contributed by atoms with Crippen LogP contribution in [-0.4, -0.2) is 42.2 Å². The summed E-state index contributed by atoms with van der Waals surface area (Å²) < 4.78 is 10.9. The molecule has 0 aliphatic carbocycles. The van der Waals surface area contributed by atoms with Crippen LogP contribution in [0.2, 0.25) is 0 Å². The minimum Gasteiger partial charge on any atom is -0.493 e. The molecular formula is C32H30N4O5S. The smallest absolute Gasteiger partial charge is 0.272 e. The van der Waals surface area contributed by atoms with E-state index in [9.17, 15) is 14.4 Å². The third-order valence-corrected chi connectivity index (χ3v) is 7.08. The Hall–Kier alpha value is -5.09. The highest BCUT2D eigenvalue weighted by atomic mass is 32.2. The Morgan fingerprint density at radius 1 is 0.833 bits per heavy atom. The summed E-state index contributed by atoms with van der Waals surface area (Å²) in [4.78, 5) is 44.0. The summed E-state index contributed by atoms with van der Waals surface area (Å²) in [5.74, 6) is -0.266. The molecule has 4 aromatic rings. The molecule has 0 spiro atoms. The van der Waals surface area contributed by atoms with Crippen LogP contribution in [0.3, 0.4) is 0 Å². The highest BCUT2D eigenvalue weighted by Crippen LogP contribution is 2.32. The minimum atomic E-state index is -0.546. The molecule has 0 fully saturated rings. The molecule has 3 aromatic carbocycles. The van der Waals surface area contributed by atoms with Gasteiger partial charge in [0, 0.05) is 39.8 Å². The van der Waals surface area contributed by atoms with Gasteiger partial charge in [-0.1, -0.05) is 36.4 Å². The van der Waals surface area contributed by atoms with Crippen molar-refractivity contribution in [2.24, 2.45) is 0 Å². The van der Waals surface area contributed by atoms with Gasteiger partial charge in [0.2, 0.25) is 5.91 Å². The lowest BCUT2D eigenvalue weighted by molar-refractivity contribution is -0.115. The molecular weight excluding hydrogens is 552 g/mol. The first kappa shape index (κ1) is 29.9. The van der Waals surface area contributed by atoms with Crippen LogP contribution < -0.4 is 25.4 Å². The van der Waals surface area contributed by atoms with Gasteiger partial charge in [-0.15, -0.1) is 11.8 Å². The van der Waals surface area contributed by atoms with Crippen molar-refractivity contribution in [3.63, 3.8) is 0 Å². The SMILES string of the molecule is COc1cccc(/C=C(/NC(=O)c2ccccc2)C(=O)Nc2cccc(SC(C)C(=O)Nc3ccncc3)c2)c1OC.